The minimum Gasteiger partial charge on any atom is -0.508 e. The molecule has 0 aliphatic heterocycles. The number of rotatable bonds is 9. The van der Waals surface area contributed by atoms with Crippen LogP contribution in [-0.2, 0) is 9.59 Å². The number of hydrazone groups is 1. The van der Waals surface area contributed by atoms with Gasteiger partial charge in [0.1, 0.15) is 11.5 Å². The Hall–Kier alpha value is -2.77. The highest BCUT2D eigenvalue weighted by molar-refractivity contribution is 6.35. The summed E-state index contributed by atoms with van der Waals surface area (Å²) in [5.74, 6) is -0.146. The predicted octanol–water partition coefficient (Wildman–Crippen LogP) is 3.12. The number of halogens is 2. The van der Waals surface area contributed by atoms with Crippen LogP contribution in [0.25, 0.3) is 0 Å². The van der Waals surface area contributed by atoms with E-state index in [1.807, 2.05) is 0 Å². The molecule has 0 aromatic heterocycles. The number of benzene rings is 2. The Morgan fingerprint density at radius 1 is 1.14 bits per heavy atom. The van der Waals surface area contributed by atoms with E-state index in [4.69, 9.17) is 27.9 Å². The lowest BCUT2D eigenvalue weighted by Gasteiger charge is -2.08. The Labute approximate surface area is 172 Å². The first-order valence-corrected chi connectivity index (χ1v) is 9.15. The quantitative estimate of drug-likeness (QED) is 0.327. The number of aromatic hydroxyl groups is 1. The third kappa shape index (κ3) is 7.85. The zero-order chi connectivity index (χ0) is 20.4. The van der Waals surface area contributed by atoms with E-state index in [9.17, 15) is 14.7 Å². The average Bonchev–Trinajstić information content (AvgIpc) is 2.65. The van der Waals surface area contributed by atoms with Crippen molar-refractivity contribution in [3.63, 3.8) is 0 Å². The third-order valence-corrected chi connectivity index (χ3v) is 3.95. The fourth-order valence-corrected chi connectivity index (χ4v) is 2.56. The number of phenols is 1. The Bertz CT molecular complexity index is 859. The molecule has 2 amide bonds. The van der Waals surface area contributed by atoms with Crippen molar-refractivity contribution < 1.29 is 19.4 Å². The molecule has 7 nitrogen and oxygen atoms in total. The van der Waals surface area contributed by atoms with Gasteiger partial charge in [0.25, 0.3) is 5.91 Å². The number of carbonyl (C=O) groups excluding carboxylic acids is 2. The van der Waals surface area contributed by atoms with Gasteiger partial charge in [-0.05, 0) is 42.3 Å². The van der Waals surface area contributed by atoms with Gasteiger partial charge in [0, 0.05) is 11.4 Å². The maximum absolute atomic E-state index is 11.7. The second-order valence-electron chi connectivity index (χ2n) is 5.69. The van der Waals surface area contributed by atoms with Crippen LogP contribution in [0.5, 0.6) is 11.5 Å². The molecule has 2 aromatic carbocycles. The normalized spacial score (nSPS) is 10.6. The largest absolute Gasteiger partial charge is 0.508 e. The van der Waals surface area contributed by atoms with Crippen LogP contribution >= 0.6 is 23.2 Å². The van der Waals surface area contributed by atoms with Gasteiger partial charge in [-0.2, -0.15) is 5.10 Å². The maximum atomic E-state index is 11.7. The van der Waals surface area contributed by atoms with Gasteiger partial charge in [-0.1, -0.05) is 35.3 Å². The molecule has 0 heterocycles. The van der Waals surface area contributed by atoms with Crippen molar-refractivity contribution in [2.24, 2.45) is 5.10 Å². The van der Waals surface area contributed by atoms with Gasteiger partial charge >= 0.3 is 0 Å². The zero-order valence-electron chi connectivity index (χ0n) is 14.8. The standard InChI is InChI=1S/C19H19Cl2N3O4/c20-14-6-7-17(16(21)10-14)28-8-2-5-18(26)22-12-19(27)24-23-11-13-3-1-4-15(25)9-13/h1,3-4,6-7,9-11,25H,2,5,8,12H2,(H,22,26)(H,24,27)/b23-11-. The molecule has 0 spiro atoms. The fraction of sp³-hybridized carbons (Fsp3) is 0.211. The Morgan fingerprint density at radius 3 is 2.71 bits per heavy atom. The summed E-state index contributed by atoms with van der Waals surface area (Å²) < 4.78 is 5.48. The second-order valence-corrected chi connectivity index (χ2v) is 6.54. The lowest BCUT2D eigenvalue weighted by atomic mass is 10.2. The lowest BCUT2D eigenvalue weighted by Crippen LogP contribution is -2.34. The summed E-state index contributed by atoms with van der Waals surface area (Å²) in [6, 6.07) is 11.3. The summed E-state index contributed by atoms with van der Waals surface area (Å²) in [6.45, 7) is 0.106. The molecular formula is C19H19Cl2N3O4. The van der Waals surface area contributed by atoms with Gasteiger partial charge in [0.2, 0.25) is 5.91 Å². The monoisotopic (exact) mass is 423 g/mol. The number of phenolic OH excluding ortho intramolecular Hbond substituents is 1. The molecule has 2 aromatic rings. The van der Waals surface area contributed by atoms with Crippen molar-refractivity contribution in [1.29, 1.82) is 0 Å². The number of amides is 2. The topological polar surface area (TPSA) is 100 Å². The molecule has 0 saturated heterocycles. The predicted molar refractivity (Wildman–Crippen MR) is 108 cm³/mol. The molecule has 0 bridgehead atoms. The van der Waals surface area contributed by atoms with E-state index in [0.29, 0.717) is 34.4 Å². The number of nitrogens with zero attached hydrogens (tertiary/aromatic N) is 1. The molecule has 0 atom stereocenters. The summed E-state index contributed by atoms with van der Waals surface area (Å²) in [5.41, 5.74) is 2.92. The molecule has 148 valence electrons. The summed E-state index contributed by atoms with van der Waals surface area (Å²) in [6.07, 6.45) is 2.05. The van der Waals surface area contributed by atoms with E-state index < -0.39 is 5.91 Å². The van der Waals surface area contributed by atoms with Crippen LogP contribution in [0.3, 0.4) is 0 Å². The first-order valence-electron chi connectivity index (χ1n) is 8.39. The molecule has 0 radical (unpaired) electrons. The van der Waals surface area contributed by atoms with Crippen molar-refractivity contribution in [3.8, 4) is 11.5 Å². The van der Waals surface area contributed by atoms with Gasteiger partial charge < -0.3 is 15.2 Å². The highest BCUT2D eigenvalue weighted by Crippen LogP contribution is 2.27. The highest BCUT2D eigenvalue weighted by atomic mass is 35.5. The molecular weight excluding hydrogens is 405 g/mol. The molecule has 3 N–H and O–H groups in total. The van der Waals surface area contributed by atoms with Crippen molar-refractivity contribution in [2.75, 3.05) is 13.2 Å². The van der Waals surface area contributed by atoms with Crippen LogP contribution in [0, 0.1) is 0 Å². The first kappa shape index (κ1) is 21.5. The summed E-state index contributed by atoms with van der Waals surface area (Å²) in [7, 11) is 0. The number of carbonyl (C=O) groups is 2. The van der Waals surface area contributed by atoms with Crippen LogP contribution in [-0.4, -0.2) is 36.3 Å². The summed E-state index contributed by atoms with van der Waals surface area (Å²) >= 11 is 11.8. The molecule has 0 unspecified atom stereocenters. The number of hydrogen-bond acceptors (Lipinski definition) is 5. The summed E-state index contributed by atoms with van der Waals surface area (Å²) in [4.78, 5) is 23.4. The SMILES string of the molecule is O=C(CCCOc1ccc(Cl)cc1Cl)NCC(=O)N/N=C\c1cccc(O)c1. The summed E-state index contributed by atoms with van der Waals surface area (Å²) in [5, 5.41) is 16.5. The van der Waals surface area contributed by atoms with Crippen LogP contribution in [0.2, 0.25) is 10.0 Å². The highest BCUT2D eigenvalue weighted by Gasteiger charge is 2.06. The molecule has 0 saturated carbocycles. The van der Waals surface area contributed by atoms with E-state index in [1.54, 1.807) is 30.3 Å². The van der Waals surface area contributed by atoms with Crippen molar-refractivity contribution in [1.82, 2.24) is 10.7 Å². The molecule has 0 aliphatic rings. The third-order valence-electron chi connectivity index (χ3n) is 3.42. The van der Waals surface area contributed by atoms with Crippen molar-refractivity contribution >= 4 is 41.2 Å². The van der Waals surface area contributed by atoms with Crippen LogP contribution in [0.4, 0.5) is 0 Å². The van der Waals surface area contributed by atoms with E-state index in [0.717, 1.165) is 0 Å². The Balaban J connectivity index is 1.60. The maximum Gasteiger partial charge on any atom is 0.259 e. The minimum absolute atomic E-state index is 0.102. The van der Waals surface area contributed by atoms with E-state index in [1.165, 1.54) is 18.3 Å². The molecule has 2 rings (SSSR count). The Kier molecular flexibility index (Phi) is 8.58. The number of hydrogen-bond donors (Lipinski definition) is 3. The fourth-order valence-electron chi connectivity index (χ4n) is 2.10. The molecule has 28 heavy (non-hydrogen) atoms. The van der Waals surface area contributed by atoms with Gasteiger partial charge in [0.15, 0.2) is 0 Å². The van der Waals surface area contributed by atoms with E-state index >= 15 is 0 Å². The zero-order valence-corrected chi connectivity index (χ0v) is 16.3. The van der Waals surface area contributed by atoms with Crippen molar-refractivity contribution in [2.45, 2.75) is 12.8 Å². The van der Waals surface area contributed by atoms with Gasteiger partial charge in [0.05, 0.1) is 24.4 Å². The minimum atomic E-state index is -0.464. The van der Waals surface area contributed by atoms with E-state index in [-0.39, 0.29) is 24.6 Å². The number of nitrogens with one attached hydrogen (secondary N) is 2. The average molecular weight is 424 g/mol. The van der Waals surface area contributed by atoms with E-state index in [2.05, 4.69) is 15.8 Å². The second kappa shape index (κ2) is 11.2. The molecule has 0 aliphatic carbocycles. The van der Waals surface area contributed by atoms with Gasteiger partial charge in [-0.25, -0.2) is 5.43 Å². The number of ether oxygens (including phenoxy) is 1. The smallest absolute Gasteiger partial charge is 0.259 e. The first-order chi connectivity index (χ1) is 13.4. The molecule has 9 heteroatoms. The van der Waals surface area contributed by atoms with Crippen LogP contribution in [0.1, 0.15) is 18.4 Å². The Morgan fingerprint density at radius 2 is 1.96 bits per heavy atom. The van der Waals surface area contributed by atoms with Crippen LogP contribution < -0.4 is 15.5 Å². The van der Waals surface area contributed by atoms with Gasteiger partial charge in [-0.3, -0.25) is 9.59 Å². The van der Waals surface area contributed by atoms with Gasteiger partial charge in [-0.15, -0.1) is 0 Å². The lowest BCUT2D eigenvalue weighted by molar-refractivity contribution is -0.126. The van der Waals surface area contributed by atoms with Crippen LogP contribution in [0.15, 0.2) is 47.6 Å². The molecule has 0 fully saturated rings. The van der Waals surface area contributed by atoms with Crippen molar-refractivity contribution in [3.05, 3.63) is 58.1 Å².